The van der Waals surface area contributed by atoms with Crippen LogP contribution in [0.4, 0.5) is 0 Å². The lowest BCUT2D eigenvalue weighted by Gasteiger charge is -2.14. The van der Waals surface area contributed by atoms with Crippen molar-refractivity contribution < 1.29 is 13.2 Å². The Morgan fingerprint density at radius 2 is 1.77 bits per heavy atom. The number of sulfone groups is 1. The van der Waals surface area contributed by atoms with Crippen LogP contribution in [-0.4, -0.2) is 20.6 Å². The van der Waals surface area contributed by atoms with E-state index in [1.807, 2.05) is 26.8 Å². The number of carbonyl (C=O) groups is 1. The van der Waals surface area contributed by atoms with Crippen LogP contribution in [0.25, 0.3) is 0 Å². The van der Waals surface area contributed by atoms with Gasteiger partial charge in [0.2, 0.25) is 0 Å². The minimum Gasteiger partial charge on any atom is -0.345 e. The summed E-state index contributed by atoms with van der Waals surface area (Å²) in [6.45, 7) is 5.78. The second kappa shape index (κ2) is 6.22. The zero-order valence-corrected chi connectivity index (χ0v) is 14.6. The SMILES string of the molecule is Cc1cc(C(=O)NC(C)c2ccc(S(C)(=O)=O)cc2)c(C)s1. The number of amides is 1. The zero-order valence-electron chi connectivity index (χ0n) is 13.0. The molecule has 1 heterocycles. The van der Waals surface area contributed by atoms with Crippen molar-refractivity contribution in [1.82, 2.24) is 5.32 Å². The Kier molecular flexibility index (Phi) is 4.72. The zero-order chi connectivity index (χ0) is 16.5. The number of aryl methyl sites for hydroxylation is 2. The minimum atomic E-state index is -3.20. The van der Waals surface area contributed by atoms with Crippen LogP contribution >= 0.6 is 11.3 Å². The average Bonchev–Trinajstić information content (AvgIpc) is 2.77. The van der Waals surface area contributed by atoms with E-state index in [1.165, 1.54) is 6.26 Å². The number of hydrogen-bond donors (Lipinski definition) is 1. The van der Waals surface area contributed by atoms with Gasteiger partial charge in [0, 0.05) is 16.0 Å². The van der Waals surface area contributed by atoms with E-state index in [4.69, 9.17) is 0 Å². The monoisotopic (exact) mass is 337 g/mol. The van der Waals surface area contributed by atoms with Crippen LogP contribution in [0.15, 0.2) is 35.2 Å². The average molecular weight is 337 g/mol. The molecule has 1 aromatic heterocycles. The second-order valence-corrected chi connectivity index (χ2v) is 8.84. The van der Waals surface area contributed by atoms with Gasteiger partial charge in [0.05, 0.1) is 16.5 Å². The normalized spacial score (nSPS) is 12.9. The van der Waals surface area contributed by atoms with Crippen molar-refractivity contribution in [1.29, 1.82) is 0 Å². The van der Waals surface area contributed by atoms with E-state index in [-0.39, 0.29) is 16.8 Å². The summed E-state index contributed by atoms with van der Waals surface area (Å²) in [5, 5.41) is 2.94. The van der Waals surface area contributed by atoms with Crippen LogP contribution in [0.5, 0.6) is 0 Å². The first-order valence-corrected chi connectivity index (χ1v) is 9.57. The molecule has 1 N–H and O–H groups in total. The molecule has 2 rings (SSSR count). The maximum Gasteiger partial charge on any atom is 0.252 e. The summed E-state index contributed by atoms with van der Waals surface area (Å²) in [7, 11) is -3.20. The highest BCUT2D eigenvalue weighted by atomic mass is 32.2. The Balaban J connectivity index is 2.14. The van der Waals surface area contributed by atoms with Crippen molar-refractivity contribution in [3.8, 4) is 0 Å². The molecule has 0 aliphatic heterocycles. The van der Waals surface area contributed by atoms with E-state index < -0.39 is 9.84 Å². The smallest absolute Gasteiger partial charge is 0.252 e. The molecule has 0 aliphatic rings. The van der Waals surface area contributed by atoms with Crippen LogP contribution in [0.2, 0.25) is 0 Å². The maximum atomic E-state index is 12.3. The molecule has 0 bridgehead atoms. The molecule has 4 nitrogen and oxygen atoms in total. The highest BCUT2D eigenvalue weighted by Crippen LogP contribution is 2.22. The predicted molar refractivity (Wildman–Crippen MR) is 89.2 cm³/mol. The first-order chi connectivity index (χ1) is 10.2. The number of benzene rings is 1. The van der Waals surface area contributed by atoms with Crippen molar-refractivity contribution in [2.45, 2.75) is 31.7 Å². The lowest BCUT2D eigenvalue weighted by Crippen LogP contribution is -2.26. The number of rotatable bonds is 4. The fraction of sp³-hybridized carbons (Fsp3) is 0.312. The van der Waals surface area contributed by atoms with E-state index in [1.54, 1.807) is 35.6 Å². The van der Waals surface area contributed by atoms with Gasteiger partial charge in [0.15, 0.2) is 9.84 Å². The molecule has 0 saturated heterocycles. The van der Waals surface area contributed by atoms with E-state index >= 15 is 0 Å². The highest BCUT2D eigenvalue weighted by molar-refractivity contribution is 7.90. The molecule has 1 atom stereocenters. The molecule has 0 spiro atoms. The van der Waals surface area contributed by atoms with Gasteiger partial charge >= 0.3 is 0 Å². The van der Waals surface area contributed by atoms with Gasteiger partial charge in [-0.05, 0) is 44.5 Å². The lowest BCUT2D eigenvalue weighted by molar-refractivity contribution is 0.0939. The van der Waals surface area contributed by atoms with Gasteiger partial charge in [0.25, 0.3) is 5.91 Å². The molecule has 1 aromatic carbocycles. The molecular weight excluding hydrogens is 318 g/mol. The predicted octanol–water partition coefficient (Wildman–Crippen LogP) is 3.26. The van der Waals surface area contributed by atoms with Crippen molar-refractivity contribution >= 4 is 27.1 Å². The molecule has 2 aromatic rings. The third-order valence-electron chi connectivity index (χ3n) is 3.44. The Morgan fingerprint density at radius 1 is 1.18 bits per heavy atom. The third kappa shape index (κ3) is 3.75. The van der Waals surface area contributed by atoms with Crippen molar-refractivity contribution in [3.63, 3.8) is 0 Å². The topological polar surface area (TPSA) is 63.2 Å². The van der Waals surface area contributed by atoms with Crippen LogP contribution in [0.3, 0.4) is 0 Å². The van der Waals surface area contributed by atoms with Crippen LogP contribution in [-0.2, 0) is 9.84 Å². The fourth-order valence-corrected chi connectivity index (χ4v) is 3.77. The highest BCUT2D eigenvalue weighted by Gasteiger charge is 2.16. The third-order valence-corrected chi connectivity index (χ3v) is 5.54. The van der Waals surface area contributed by atoms with Gasteiger partial charge < -0.3 is 5.32 Å². The van der Waals surface area contributed by atoms with E-state index in [0.717, 1.165) is 15.3 Å². The largest absolute Gasteiger partial charge is 0.345 e. The molecule has 6 heteroatoms. The van der Waals surface area contributed by atoms with E-state index in [2.05, 4.69) is 5.32 Å². The van der Waals surface area contributed by atoms with Gasteiger partial charge in [-0.3, -0.25) is 4.79 Å². The fourth-order valence-electron chi connectivity index (χ4n) is 2.22. The standard InChI is InChI=1S/C16H19NO3S2/c1-10-9-15(12(3)21-10)16(18)17-11(2)13-5-7-14(8-6-13)22(4,19)20/h5-9,11H,1-4H3,(H,17,18). The maximum absolute atomic E-state index is 12.3. The Bertz CT molecular complexity index is 789. The molecule has 1 unspecified atom stereocenters. The molecule has 0 radical (unpaired) electrons. The summed E-state index contributed by atoms with van der Waals surface area (Å²) < 4.78 is 22.9. The molecule has 0 saturated carbocycles. The summed E-state index contributed by atoms with van der Waals surface area (Å²) in [6, 6.07) is 8.27. The summed E-state index contributed by atoms with van der Waals surface area (Å²) in [5.41, 5.74) is 1.56. The van der Waals surface area contributed by atoms with Crippen molar-refractivity contribution in [2.24, 2.45) is 0 Å². The molecular formula is C16H19NO3S2. The van der Waals surface area contributed by atoms with Gasteiger partial charge in [-0.2, -0.15) is 0 Å². The van der Waals surface area contributed by atoms with Crippen molar-refractivity contribution in [2.75, 3.05) is 6.26 Å². The number of carbonyl (C=O) groups excluding carboxylic acids is 1. The van der Waals surface area contributed by atoms with Gasteiger partial charge in [-0.15, -0.1) is 11.3 Å². The van der Waals surface area contributed by atoms with Gasteiger partial charge in [0.1, 0.15) is 0 Å². The molecule has 0 fully saturated rings. The Morgan fingerprint density at radius 3 is 2.23 bits per heavy atom. The van der Waals surface area contributed by atoms with Crippen LogP contribution in [0, 0.1) is 13.8 Å². The van der Waals surface area contributed by atoms with E-state index in [0.29, 0.717) is 5.56 Å². The summed E-state index contributed by atoms with van der Waals surface area (Å²) in [5.74, 6) is -0.110. The van der Waals surface area contributed by atoms with Crippen LogP contribution < -0.4 is 5.32 Å². The molecule has 0 aliphatic carbocycles. The van der Waals surface area contributed by atoms with Gasteiger partial charge in [-0.1, -0.05) is 12.1 Å². The Hall–Kier alpha value is -1.66. The molecule has 1 amide bonds. The van der Waals surface area contributed by atoms with Crippen LogP contribution in [0.1, 0.15) is 38.6 Å². The molecule has 22 heavy (non-hydrogen) atoms. The van der Waals surface area contributed by atoms with Gasteiger partial charge in [-0.25, -0.2) is 8.42 Å². The number of thiophene rings is 1. The Labute approximate surface area is 135 Å². The quantitative estimate of drug-likeness (QED) is 0.931. The summed E-state index contributed by atoms with van der Waals surface area (Å²) >= 11 is 1.60. The van der Waals surface area contributed by atoms with E-state index in [9.17, 15) is 13.2 Å². The lowest BCUT2D eigenvalue weighted by atomic mass is 10.1. The number of nitrogens with one attached hydrogen (secondary N) is 1. The van der Waals surface area contributed by atoms with Crippen molar-refractivity contribution in [3.05, 3.63) is 51.2 Å². The minimum absolute atomic E-state index is 0.110. The second-order valence-electron chi connectivity index (χ2n) is 5.36. The first-order valence-electron chi connectivity index (χ1n) is 6.86. The first kappa shape index (κ1) is 16.7. The number of hydrogen-bond acceptors (Lipinski definition) is 4. The molecule has 118 valence electrons. The summed E-state index contributed by atoms with van der Waals surface area (Å²) in [6.07, 6.45) is 1.18. The summed E-state index contributed by atoms with van der Waals surface area (Å²) in [4.78, 5) is 14.7.